The summed E-state index contributed by atoms with van der Waals surface area (Å²) >= 11 is 2.13. The molecule has 0 unspecified atom stereocenters. The molecule has 0 N–H and O–H groups in total. The van der Waals surface area contributed by atoms with E-state index in [9.17, 15) is 0 Å². The normalized spacial score (nSPS) is 22.2. The molecule has 88 valence electrons. The molecule has 2 nitrogen and oxygen atoms in total. The van der Waals surface area contributed by atoms with Gasteiger partial charge in [0.05, 0.1) is 0 Å². The van der Waals surface area contributed by atoms with Crippen LogP contribution in [0.3, 0.4) is 0 Å². The maximum absolute atomic E-state index is 4.37. The predicted molar refractivity (Wildman–Crippen MR) is 70.9 cm³/mol. The molecule has 1 aromatic heterocycles. The van der Waals surface area contributed by atoms with Crippen molar-refractivity contribution in [3.8, 4) is 0 Å². The van der Waals surface area contributed by atoms with E-state index in [1.807, 2.05) is 12.3 Å². The Kier molecular flexibility index (Phi) is 4.67. The van der Waals surface area contributed by atoms with Crippen molar-refractivity contribution < 1.29 is 0 Å². The largest absolute Gasteiger partial charge is 0.301 e. The molecule has 0 bridgehead atoms. The van der Waals surface area contributed by atoms with Crippen LogP contribution in [0.15, 0.2) is 24.4 Å². The van der Waals surface area contributed by atoms with Gasteiger partial charge in [-0.3, -0.25) is 4.98 Å². The Hall–Kier alpha value is -0.540. The van der Waals surface area contributed by atoms with E-state index >= 15 is 0 Å². The van der Waals surface area contributed by atoms with Crippen molar-refractivity contribution in [2.45, 2.75) is 25.0 Å². The Morgan fingerprint density at radius 3 is 3.19 bits per heavy atom. The Bertz CT molecular complexity index is 302. The lowest BCUT2D eigenvalue weighted by atomic mass is 10.2. The second kappa shape index (κ2) is 6.26. The Balaban J connectivity index is 1.77. The molecule has 0 saturated carbocycles. The van der Waals surface area contributed by atoms with Crippen molar-refractivity contribution in [3.05, 3.63) is 30.1 Å². The number of rotatable bonds is 4. The van der Waals surface area contributed by atoms with E-state index in [1.165, 1.54) is 31.0 Å². The summed E-state index contributed by atoms with van der Waals surface area (Å²) in [5.41, 5.74) is 1.22. The van der Waals surface area contributed by atoms with Gasteiger partial charge in [0.1, 0.15) is 0 Å². The maximum atomic E-state index is 4.37. The van der Waals surface area contributed by atoms with E-state index in [-0.39, 0.29) is 0 Å². The number of hydrogen-bond acceptors (Lipinski definition) is 3. The molecule has 1 aromatic rings. The Morgan fingerprint density at radius 1 is 1.50 bits per heavy atom. The third kappa shape index (κ3) is 3.49. The standard InChI is InChI=1S/C13H20N2S/c1-2-13-11-15(9-10-16-13)8-6-12-5-3-4-7-14-12/h3-5,7,13H,2,6,8-11H2,1H3/t13-/m0/s1. The fourth-order valence-electron chi connectivity index (χ4n) is 2.05. The van der Waals surface area contributed by atoms with Gasteiger partial charge < -0.3 is 4.90 Å². The van der Waals surface area contributed by atoms with Gasteiger partial charge in [0.25, 0.3) is 0 Å². The molecule has 3 heteroatoms. The minimum atomic E-state index is 0.845. The van der Waals surface area contributed by atoms with E-state index in [2.05, 4.69) is 40.7 Å². The summed E-state index contributed by atoms with van der Waals surface area (Å²) in [6.45, 7) is 5.95. The molecule has 1 aliphatic rings. The van der Waals surface area contributed by atoms with Crippen LogP contribution in [0.5, 0.6) is 0 Å². The topological polar surface area (TPSA) is 16.1 Å². The van der Waals surface area contributed by atoms with E-state index in [0.717, 1.165) is 18.2 Å². The predicted octanol–water partition coefficient (Wildman–Crippen LogP) is 2.45. The van der Waals surface area contributed by atoms with Crippen molar-refractivity contribution in [1.82, 2.24) is 9.88 Å². The van der Waals surface area contributed by atoms with Gasteiger partial charge in [-0.05, 0) is 18.6 Å². The first-order valence-electron chi connectivity index (χ1n) is 6.12. The summed E-state index contributed by atoms with van der Waals surface area (Å²) in [7, 11) is 0. The van der Waals surface area contributed by atoms with Crippen LogP contribution in [0.4, 0.5) is 0 Å². The van der Waals surface area contributed by atoms with Crippen LogP contribution in [0.2, 0.25) is 0 Å². The fourth-order valence-corrected chi connectivity index (χ4v) is 3.30. The summed E-state index contributed by atoms with van der Waals surface area (Å²) < 4.78 is 0. The molecule has 0 aromatic carbocycles. The van der Waals surface area contributed by atoms with Crippen LogP contribution in [0.25, 0.3) is 0 Å². The summed E-state index contributed by atoms with van der Waals surface area (Å²) in [5, 5.41) is 0.845. The van der Waals surface area contributed by atoms with Crippen LogP contribution in [0, 0.1) is 0 Å². The highest BCUT2D eigenvalue weighted by Gasteiger charge is 2.18. The second-order valence-electron chi connectivity index (χ2n) is 4.27. The number of hydrogen-bond donors (Lipinski definition) is 0. The van der Waals surface area contributed by atoms with E-state index in [0.29, 0.717) is 0 Å². The molecule has 0 amide bonds. The first kappa shape index (κ1) is 11.9. The van der Waals surface area contributed by atoms with Crippen molar-refractivity contribution in [1.29, 1.82) is 0 Å². The zero-order chi connectivity index (χ0) is 11.2. The van der Waals surface area contributed by atoms with Gasteiger partial charge in [-0.15, -0.1) is 0 Å². The van der Waals surface area contributed by atoms with Crippen molar-refractivity contribution in [2.24, 2.45) is 0 Å². The van der Waals surface area contributed by atoms with Gasteiger partial charge in [0.2, 0.25) is 0 Å². The molecular formula is C13H20N2S. The van der Waals surface area contributed by atoms with E-state index in [4.69, 9.17) is 0 Å². The molecule has 0 aliphatic carbocycles. The summed E-state index contributed by atoms with van der Waals surface area (Å²) in [5.74, 6) is 1.29. The first-order valence-corrected chi connectivity index (χ1v) is 7.17. The number of nitrogens with zero attached hydrogens (tertiary/aromatic N) is 2. The number of thioether (sulfide) groups is 1. The van der Waals surface area contributed by atoms with Crippen molar-refractivity contribution in [2.75, 3.05) is 25.4 Å². The SMILES string of the molecule is CC[C@H]1CN(CCc2ccccn2)CCS1. The van der Waals surface area contributed by atoms with Crippen LogP contribution in [0.1, 0.15) is 19.0 Å². The zero-order valence-electron chi connectivity index (χ0n) is 9.93. The van der Waals surface area contributed by atoms with Gasteiger partial charge in [-0.2, -0.15) is 11.8 Å². The Morgan fingerprint density at radius 2 is 2.44 bits per heavy atom. The fraction of sp³-hybridized carbons (Fsp3) is 0.615. The molecule has 0 radical (unpaired) electrons. The minimum absolute atomic E-state index is 0.845. The van der Waals surface area contributed by atoms with Gasteiger partial charge >= 0.3 is 0 Å². The quantitative estimate of drug-likeness (QED) is 0.799. The van der Waals surface area contributed by atoms with Crippen LogP contribution >= 0.6 is 11.8 Å². The molecule has 2 rings (SSSR count). The first-order chi connectivity index (χ1) is 7.88. The molecule has 1 aliphatic heterocycles. The molecule has 0 spiro atoms. The second-order valence-corrected chi connectivity index (χ2v) is 5.68. The highest BCUT2D eigenvalue weighted by molar-refractivity contribution is 8.00. The monoisotopic (exact) mass is 236 g/mol. The van der Waals surface area contributed by atoms with Crippen molar-refractivity contribution >= 4 is 11.8 Å². The van der Waals surface area contributed by atoms with E-state index < -0.39 is 0 Å². The molecule has 16 heavy (non-hydrogen) atoms. The smallest absolute Gasteiger partial charge is 0.0416 e. The Labute approximate surface area is 102 Å². The minimum Gasteiger partial charge on any atom is -0.301 e. The zero-order valence-corrected chi connectivity index (χ0v) is 10.7. The highest BCUT2D eigenvalue weighted by Crippen LogP contribution is 2.20. The van der Waals surface area contributed by atoms with E-state index in [1.54, 1.807) is 0 Å². The summed E-state index contributed by atoms with van der Waals surface area (Å²) in [4.78, 5) is 6.95. The van der Waals surface area contributed by atoms with Crippen LogP contribution < -0.4 is 0 Å². The molecule has 1 fully saturated rings. The lowest BCUT2D eigenvalue weighted by Gasteiger charge is -2.31. The lowest BCUT2D eigenvalue weighted by Crippen LogP contribution is -2.38. The van der Waals surface area contributed by atoms with Gasteiger partial charge in [0.15, 0.2) is 0 Å². The molecular weight excluding hydrogens is 216 g/mol. The molecule has 1 saturated heterocycles. The third-order valence-electron chi connectivity index (χ3n) is 3.09. The van der Waals surface area contributed by atoms with Crippen LogP contribution in [-0.2, 0) is 6.42 Å². The van der Waals surface area contributed by atoms with Gasteiger partial charge in [0, 0.05) is 48.9 Å². The average Bonchev–Trinajstić information content (AvgIpc) is 2.38. The number of aromatic nitrogens is 1. The number of pyridine rings is 1. The highest BCUT2D eigenvalue weighted by atomic mass is 32.2. The maximum Gasteiger partial charge on any atom is 0.0416 e. The van der Waals surface area contributed by atoms with Crippen molar-refractivity contribution in [3.63, 3.8) is 0 Å². The summed E-state index contributed by atoms with van der Waals surface area (Å²) in [6.07, 6.45) is 4.27. The van der Waals surface area contributed by atoms with Gasteiger partial charge in [-0.25, -0.2) is 0 Å². The summed E-state index contributed by atoms with van der Waals surface area (Å²) in [6, 6.07) is 6.17. The lowest BCUT2D eigenvalue weighted by molar-refractivity contribution is 0.284. The van der Waals surface area contributed by atoms with Crippen LogP contribution in [-0.4, -0.2) is 40.5 Å². The molecule has 1 atom stereocenters. The van der Waals surface area contributed by atoms with Gasteiger partial charge in [-0.1, -0.05) is 13.0 Å². The third-order valence-corrected chi connectivity index (χ3v) is 4.46. The molecule has 2 heterocycles. The average molecular weight is 236 g/mol.